The van der Waals surface area contributed by atoms with Crippen LogP contribution in [0.3, 0.4) is 0 Å². The third-order valence-electron chi connectivity index (χ3n) is 5.35. The number of ether oxygens (including phenoxy) is 2. The highest BCUT2D eigenvalue weighted by Crippen LogP contribution is 2.31. The SMILES string of the molecule is CC(=O)COCC1CCC(COC(=O)N(c2ccccc2)c2ccc(Cl)cc2)CC1. The first-order valence-electron chi connectivity index (χ1n) is 10.4. The number of anilines is 2. The van der Waals surface area contributed by atoms with Crippen molar-refractivity contribution in [2.45, 2.75) is 32.6 Å². The number of hydrogen-bond donors (Lipinski definition) is 0. The van der Waals surface area contributed by atoms with Crippen molar-refractivity contribution in [3.8, 4) is 0 Å². The third kappa shape index (κ3) is 6.57. The molecule has 0 saturated heterocycles. The quantitative estimate of drug-likeness (QED) is 0.514. The maximum atomic E-state index is 13.0. The first-order valence-corrected chi connectivity index (χ1v) is 10.8. The smallest absolute Gasteiger partial charge is 0.418 e. The summed E-state index contributed by atoms with van der Waals surface area (Å²) in [7, 11) is 0. The number of nitrogens with zero attached hydrogens (tertiary/aromatic N) is 1. The van der Waals surface area contributed by atoms with E-state index in [2.05, 4.69) is 0 Å². The molecular formula is C24H28ClNO4. The van der Waals surface area contributed by atoms with Crippen molar-refractivity contribution < 1.29 is 19.1 Å². The zero-order valence-corrected chi connectivity index (χ0v) is 18.0. The van der Waals surface area contributed by atoms with Crippen LogP contribution in [-0.4, -0.2) is 31.7 Å². The van der Waals surface area contributed by atoms with E-state index in [-0.39, 0.29) is 12.4 Å². The number of carbonyl (C=O) groups is 2. The van der Waals surface area contributed by atoms with Crippen LogP contribution in [0.2, 0.25) is 5.02 Å². The van der Waals surface area contributed by atoms with Crippen molar-refractivity contribution >= 4 is 34.9 Å². The Balaban J connectivity index is 1.54. The van der Waals surface area contributed by atoms with Crippen LogP contribution >= 0.6 is 11.6 Å². The van der Waals surface area contributed by atoms with Crippen LogP contribution < -0.4 is 4.90 Å². The predicted octanol–water partition coefficient (Wildman–Crippen LogP) is 6.03. The third-order valence-corrected chi connectivity index (χ3v) is 5.60. The van der Waals surface area contributed by atoms with Gasteiger partial charge in [0.15, 0.2) is 5.78 Å². The fourth-order valence-electron chi connectivity index (χ4n) is 3.71. The average Bonchev–Trinajstić information content (AvgIpc) is 2.75. The van der Waals surface area contributed by atoms with E-state index in [4.69, 9.17) is 21.1 Å². The molecular weight excluding hydrogens is 402 g/mol. The van der Waals surface area contributed by atoms with Gasteiger partial charge in [-0.05, 0) is 80.8 Å². The second-order valence-corrected chi connectivity index (χ2v) is 8.26. The molecule has 0 spiro atoms. The molecule has 2 aromatic carbocycles. The van der Waals surface area contributed by atoms with E-state index in [1.54, 1.807) is 17.0 Å². The second kappa shape index (κ2) is 11.1. The molecule has 30 heavy (non-hydrogen) atoms. The Labute approximate surface area is 182 Å². The molecule has 1 aliphatic rings. The number of ketones is 1. The highest BCUT2D eigenvalue weighted by Gasteiger charge is 2.25. The Morgan fingerprint density at radius 1 is 0.900 bits per heavy atom. The summed E-state index contributed by atoms with van der Waals surface area (Å²) in [6, 6.07) is 16.6. The molecule has 6 heteroatoms. The van der Waals surface area contributed by atoms with Gasteiger partial charge in [-0.3, -0.25) is 4.79 Å². The number of rotatable bonds is 8. The Bertz CT molecular complexity index is 817. The van der Waals surface area contributed by atoms with Gasteiger partial charge in [0.25, 0.3) is 0 Å². The van der Waals surface area contributed by atoms with E-state index in [0.29, 0.717) is 35.8 Å². The molecule has 0 aromatic heterocycles. The Morgan fingerprint density at radius 3 is 2.07 bits per heavy atom. The van der Waals surface area contributed by atoms with E-state index in [1.165, 1.54) is 6.92 Å². The lowest BCUT2D eigenvalue weighted by Crippen LogP contribution is -2.30. The minimum absolute atomic E-state index is 0.0549. The summed E-state index contributed by atoms with van der Waals surface area (Å²) in [5.74, 6) is 0.881. The highest BCUT2D eigenvalue weighted by molar-refractivity contribution is 6.30. The summed E-state index contributed by atoms with van der Waals surface area (Å²) < 4.78 is 11.2. The molecule has 1 fully saturated rings. The number of amides is 1. The zero-order valence-electron chi connectivity index (χ0n) is 17.3. The average molecular weight is 430 g/mol. The van der Waals surface area contributed by atoms with E-state index >= 15 is 0 Å². The van der Waals surface area contributed by atoms with Gasteiger partial charge in [-0.2, -0.15) is 0 Å². The van der Waals surface area contributed by atoms with Crippen molar-refractivity contribution in [3.63, 3.8) is 0 Å². The van der Waals surface area contributed by atoms with Crippen molar-refractivity contribution in [1.82, 2.24) is 0 Å². The van der Waals surface area contributed by atoms with Gasteiger partial charge in [0.05, 0.1) is 18.0 Å². The number of hydrogen-bond acceptors (Lipinski definition) is 4. The molecule has 2 aromatic rings. The summed E-state index contributed by atoms with van der Waals surface area (Å²) in [5, 5.41) is 0.615. The molecule has 1 amide bonds. The van der Waals surface area contributed by atoms with Crippen molar-refractivity contribution in [3.05, 3.63) is 59.6 Å². The zero-order chi connectivity index (χ0) is 21.3. The maximum Gasteiger partial charge on any atom is 0.418 e. The Hall–Kier alpha value is -2.37. The molecule has 1 saturated carbocycles. The lowest BCUT2D eigenvalue weighted by atomic mass is 9.83. The fraction of sp³-hybridized carbons (Fsp3) is 0.417. The molecule has 0 unspecified atom stereocenters. The number of benzene rings is 2. The van der Waals surface area contributed by atoms with Gasteiger partial charge in [-0.25, -0.2) is 9.69 Å². The van der Waals surface area contributed by atoms with E-state index < -0.39 is 6.09 Å². The summed E-state index contributed by atoms with van der Waals surface area (Å²) in [6.45, 7) is 2.76. The van der Waals surface area contributed by atoms with Crippen LogP contribution in [0.15, 0.2) is 54.6 Å². The fourth-order valence-corrected chi connectivity index (χ4v) is 3.84. The first kappa shape index (κ1) is 22.3. The van der Waals surface area contributed by atoms with Crippen molar-refractivity contribution in [1.29, 1.82) is 0 Å². The van der Waals surface area contributed by atoms with Gasteiger partial charge in [0.1, 0.15) is 6.61 Å². The van der Waals surface area contributed by atoms with Crippen LogP contribution in [0, 0.1) is 11.8 Å². The van der Waals surface area contributed by atoms with E-state index in [9.17, 15) is 9.59 Å². The molecule has 0 radical (unpaired) electrons. The molecule has 0 heterocycles. The summed E-state index contributed by atoms with van der Waals surface area (Å²) >= 11 is 6.00. The molecule has 0 aliphatic heterocycles. The lowest BCUT2D eigenvalue weighted by molar-refractivity contribution is -0.122. The number of halogens is 1. The number of carbonyl (C=O) groups excluding carboxylic acids is 2. The molecule has 5 nitrogen and oxygen atoms in total. The van der Waals surface area contributed by atoms with Crippen LogP contribution in [0.5, 0.6) is 0 Å². The summed E-state index contributed by atoms with van der Waals surface area (Å²) in [4.78, 5) is 25.5. The summed E-state index contributed by atoms with van der Waals surface area (Å²) in [5.41, 5.74) is 1.46. The van der Waals surface area contributed by atoms with Crippen LogP contribution in [0.1, 0.15) is 32.6 Å². The van der Waals surface area contributed by atoms with E-state index in [1.807, 2.05) is 42.5 Å². The van der Waals surface area contributed by atoms with Gasteiger partial charge >= 0.3 is 6.09 Å². The topological polar surface area (TPSA) is 55.8 Å². The van der Waals surface area contributed by atoms with E-state index in [0.717, 1.165) is 31.4 Å². The van der Waals surface area contributed by atoms with Crippen molar-refractivity contribution in [2.75, 3.05) is 24.7 Å². The Kier molecular flexibility index (Phi) is 8.29. The van der Waals surface area contributed by atoms with Gasteiger partial charge in [-0.15, -0.1) is 0 Å². The normalized spacial score (nSPS) is 18.6. The highest BCUT2D eigenvalue weighted by atomic mass is 35.5. The molecule has 3 rings (SSSR count). The van der Waals surface area contributed by atoms with Gasteiger partial charge < -0.3 is 9.47 Å². The summed E-state index contributed by atoms with van der Waals surface area (Å²) in [6.07, 6.45) is 3.65. The molecule has 0 atom stereocenters. The minimum atomic E-state index is -0.393. The van der Waals surface area contributed by atoms with Crippen LogP contribution in [0.4, 0.5) is 16.2 Å². The molecule has 160 valence electrons. The Morgan fingerprint density at radius 2 is 1.47 bits per heavy atom. The predicted molar refractivity (Wildman–Crippen MR) is 118 cm³/mol. The molecule has 0 N–H and O–H groups in total. The first-order chi connectivity index (χ1) is 14.5. The maximum absolute atomic E-state index is 13.0. The number of para-hydroxylation sites is 1. The van der Waals surface area contributed by atoms with Crippen LogP contribution in [-0.2, 0) is 14.3 Å². The largest absolute Gasteiger partial charge is 0.449 e. The molecule has 0 bridgehead atoms. The second-order valence-electron chi connectivity index (χ2n) is 7.83. The number of Topliss-reactive ketones (excluding diaryl/α,β-unsaturated/α-hetero) is 1. The van der Waals surface area contributed by atoms with Crippen molar-refractivity contribution in [2.24, 2.45) is 11.8 Å². The monoisotopic (exact) mass is 429 g/mol. The molecule has 1 aliphatic carbocycles. The minimum Gasteiger partial charge on any atom is -0.449 e. The van der Waals surface area contributed by atoms with Gasteiger partial charge in [-0.1, -0.05) is 29.8 Å². The van der Waals surface area contributed by atoms with Crippen LogP contribution in [0.25, 0.3) is 0 Å². The van der Waals surface area contributed by atoms with Gasteiger partial charge in [0, 0.05) is 11.6 Å². The standard InChI is InChI=1S/C24H28ClNO4/c1-18(27)15-29-16-19-7-9-20(10-8-19)17-30-24(28)26(22-5-3-2-4-6-22)23-13-11-21(25)12-14-23/h2-6,11-14,19-20H,7-10,15-17H2,1H3. The van der Waals surface area contributed by atoms with Gasteiger partial charge in [0.2, 0.25) is 0 Å². The lowest BCUT2D eigenvalue weighted by Gasteiger charge is -2.29.